The van der Waals surface area contributed by atoms with E-state index in [1.165, 1.54) is 12.1 Å². The van der Waals surface area contributed by atoms with Crippen molar-refractivity contribution in [2.24, 2.45) is 0 Å². The van der Waals surface area contributed by atoms with Gasteiger partial charge in [0, 0.05) is 11.0 Å². The number of aromatic hydroxyl groups is 2. The molecule has 0 saturated carbocycles. The first-order valence-electron chi connectivity index (χ1n) is 5.04. The van der Waals surface area contributed by atoms with E-state index in [1.807, 2.05) is 0 Å². The lowest BCUT2D eigenvalue weighted by Crippen LogP contribution is -2.03. The van der Waals surface area contributed by atoms with E-state index in [-0.39, 0.29) is 17.3 Å². The zero-order chi connectivity index (χ0) is 13.1. The van der Waals surface area contributed by atoms with Crippen molar-refractivity contribution in [3.63, 3.8) is 0 Å². The van der Waals surface area contributed by atoms with Crippen LogP contribution in [0.3, 0.4) is 0 Å². The maximum atomic E-state index is 11.9. The van der Waals surface area contributed by atoms with Crippen molar-refractivity contribution in [2.75, 3.05) is 0 Å². The van der Waals surface area contributed by atoms with Crippen molar-refractivity contribution in [3.8, 4) is 11.5 Å². The summed E-state index contributed by atoms with van der Waals surface area (Å²) < 4.78 is 16.9. The molecule has 0 radical (unpaired) electrons. The smallest absolute Gasteiger partial charge is 0.226 e. The number of benzene rings is 1. The molecule has 18 heavy (non-hydrogen) atoms. The van der Waals surface area contributed by atoms with Gasteiger partial charge in [0.25, 0.3) is 0 Å². The topological polar surface area (TPSA) is 87.7 Å². The van der Waals surface area contributed by atoms with Gasteiger partial charge in [0.05, 0.1) is 16.6 Å². The van der Waals surface area contributed by atoms with E-state index >= 15 is 0 Å². The minimum atomic E-state index is -1.43. The fraction of sp³-hybridized carbons (Fsp3) is 0.0833. The summed E-state index contributed by atoms with van der Waals surface area (Å²) in [6.07, 6.45) is 0.914. The number of phenolic OH excluding ortho intramolecular Hbond substituents is 1. The normalized spacial score (nSPS) is 12.2. The summed E-state index contributed by atoms with van der Waals surface area (Å²) in [5.74, 6) is -0.256. The SMILES string of the molecule is O=c1cc(CS(=O)c2cccc(O)c2)occ1O. The second kappa shape index (κ2) is 5.05. The Balaban J connectivity index is 2.21. The standard InChI is InChI=1S/C12H10O5S/c13-8-2-1-3-10(4-8)18(16)7-9-5-11(14)12(15)6-17-9/h1-6,13,15H,7H2. The largest absolute Gasteiger partial charge is 0.508 e. The monoisotopic (exact) mass is 266 g/mol. The van der Waals surface area contributed by atoms with E-state index in [0.717, 1.165) is 12.3 Å². The lowest BCUT2D eigenvalue weighted by atomic mass is 10.3. The van der Waals surface area contributed by atoms with E-state index in [1.54, 1.807) is 12.1 Å². The quantitative estimate of drug-likeness (QED) is 0.875. The Hall–Kier alpha value is -2.08. The maximum Gasteiger partial charge on any atom is 0.226 e. The Morgan fingerprint density at radius 1 is 1.22 bits per heavy atom. The minimum Gasteiger partial charge on any atom is -0.508 e. The molecule has 0 spiro atoms. The van der Waals surface area contributed by atoms with Gasteiger partial charge in [-0.2, -0.15) is 0 Å². The minimum absolute atomic E-state index is 0.00102. The van der Waals surface area contributed by atoms with Crippen molar-refractivity contribution >= 4 is 10.8 Å². The van der Waals surface area contributed by atoms with Crippen LogP contribution < -0.4 is 5.43 Å². The van der Waals surface area contributed by atoms with Crippen molar-refractivity contribution in [3.05, 3.63) is 52.6 Å². The van der Waals surface area contributed by atoms with Crippen LogP contribution in [-0.2, 0) is 16.6 Å². The molecule has 0 amide bonds. The molecule has 0 fully saturated rings. The fourth-order valence-electron chi connectivity index (χ4n) is 1.36. The van der Waals surface area contributed by atoms with Gasteiger partial charge in [-0.15, -0.1) is 0 Å². The Morgan fingerprint density at radius 3 is 2.67 bits per heavy atom. The van der Waals surface area contributed by atoms with Crippen LogP contribution in [0.1, 0.15) is 5.76 Å². The molecule has 1 aromatic carbocycles. The molecule has 2 N–H and O–H groups in total. The van der Waals surface area contributed by atoms with Gasteiger partial charge in [-0.1, -0.05) is 6.07 Å². The summed E-state index contributed by atoms with van der Waals surface area (Å²) in [7, 11) is -1.43. The molecule has 94 valence electrons. The zero-order valence-corrected chi connectivity index (χ0v) is 10.0. The van der Waals surface area contributed by atoms with Crippen LogP contribution in [0, 0.1) is 0 Å². The maximum absolute atomic E-state index is 11.9. The van der Waals surface area contributed by atoms with Crippen LogP contribution in [0.25, 0.3) is 0 Å². The third kappa shape index (κ3) is 2.78. The molecule has 1 atom stereocenters. The molecule has 1 heterocycles. The van der Waals surface area contributed by atoms with Gasteiger partial charge in [-0.05, 0) is 18.2 Å². The molecule has 0 saturated heterocycles. The molecule has 5 nitrogen and oxygen atoms in total. The molecule has 1 unspecified atom stereocenters. The third-order valence-corrected chi connectivity index (χ3v) is 3.55. The van der Waals surface area contributed by atoms with Crippen molar-refractivity contribution in [2.45, 2.75) is 10.6 Å². The Labute approximate surface area is 105 Å². The van der Waals surface area contributed by atoms with E-state index < -0.39 is 22.0 Å². The molecule has 0 aliphatic heterocycles. The first-order valence-corrected chi connectivity index (χ1v) is 6.36. The van der Waals surface area contributed by atoms with Gasteiger partial charge >= 0.3 is 0 Å². The van der Waals surface area contributed by atoms with Crippen LogP contribution in [-0.4, -0.2) is 14.4 Å². The summed E-state index contributed by atoms with van der Waals surface area (Å²) in [6.45, 7) is 0. The number of hydrogen-bond donors (Lipinski definition) is 2. The van der Waals surface area contributed by atoms with Crippen LogP contribution in [0.15, 0.2) is 50.7 Å². The predicted molar refractivity (Wildman–Crippen MR) is 64.9 cm³/mol. The highest BCUT2D eigenvalue weighted by atomic mass is 32.2. The van der Waals surface area contributed by atoms with E-state index in [4.69, 9.17) is 9.52 Å². The van der Waals surface area contributed by atoms with Crippen LogP contribution in [0.5, 0.6) is 11.5 Å². The predicted octanol–water partition coefficient (Wildman–Crippen LogP) is 1.36. The number of rotatable bonds is 3. The van der Waals surface area contributed by atoms with Crippen molar-refractivity contribution in [1.29, 1.82) is 0 Å². The molecule has 0 aliphatic carbocycles. The summed E-state index contributed by atoms with van der Waals surface area (Å²) in [5.41, 5.74) is -0.579. The molecule has 1 aromatic heterocycles. The highest BCUT2D eigenvalue weighted by Gasteiger charge is 2.09. The zero-order valence-electron chi connectivity index (χ0n) is 9.20. The van der Waals surface area contributed by atoms with Crippen LogP contribution >= 0.6 is 0 Å². The summed E-state index contributed by atoms with van der Waals surface area (Å²) in [5, 5.41) is 18.3. The number of hydrogen-bond acceptors (Lipinski definition) is 5. The Kier molecular flexibility index (Phi) is 3.47. The Bertz CT molecular complexity index is 647. The van der Waals surface area contributed by atoms with Gasteiger partial charge in [-0.25, -0.2) is 0 Å². The summed E-state index contributed by atoms with van der Waals surface area (Å²) in [6, 6.07) is 7.13. The van der Waals surface area contributed by atoms with Gasteiger partial charge in [-0.3, -0.25) is 9.00 Å². The molecule has 2 rings (SSSR count). The average molecular weight is 266 g/mol. The van der Waals surface area contributed by atoms with Gasteiger partial charge in [0.2, 0.25) is 5.43 Å². The average Bonchev–Trinajstić information content (AvgIpc) is 2.34. The van der Waals surface area contributed by atoms with Crippen molar-refractivity contribution < 1.29 is 18.8 Å². The van der Waals surface area contributed by atoms with E-state index in [9.17, 15) is 14.1 Å². The van der Waals surface area contributed by atoms with E-state index in [0.29, 0.717) is 4.90 Å². The second-order valence-corrected chi connectivity index (χ2v) is 5.03. The molecular weight excluding hydrogens is 256 g/mol. The molecular formula is C12H10O5S. The first kappa shape index (κ1) is 12.4. The van der Waals surface area contributed by atoms with Crippen molar-refractivity contribution in [1.82, 2.24) is 0 Å². The van der Waals surface area contributed by atoms with E-state index in [2.05, 4.69) is 0 Å². The summed E-state index contributed by atoms with van der Waals surface area (Å²) >= 11 is 0. The molecule has 6 heteroatoms. The van der Waals surface area contributed by atoms with Gasteiger partial charge in [0.15, 0.2) is 5.75 Å². The lowest BCUT2D eigenvalue weighted by Gasteiger charge is -2.02. The first-order chi connectivity index (χ1) is 8.56. The fourth-order valence-corrected chi connectivity index (χ4v) is 2.42. The van der Waals surface area contributed by atoms with Gasteiger partial charge in [0.1, 0.15) is 17.8 Å². The molecule has 0 bridgehead atoms. The lowest BCUT2D eigenvalue weighted by molar-refractivity contribution is 0.418. The highest BCUT2D eigenvalue weighted by molar-refractivity contribution is 7.84. The van der Waals surface area contributed by atoms with Crippen LogP contribution in [0.4, 0.5) is 0 Å². The van der Waals surface area contributed by atoms with Crippen LogP contribution in [0.2, 0.25) is 0 Å². The molecule has 2 aromatic rings. The Morgan fingerprint density at radius 2 is 2.00 bits per heavy atom. The third-order valence-electron chi connectivity index (χ3n) is 2.22. The summed E-state index contributed by atoms with van der Waals surface area (Å²) in [4.78, 5) is 11.6. The highest BCUT2D eigenvalue weighted by Crippen LogP contribution is 2.17. The second-order valence-electron chi connectivity index (χ2n) is 3.58. The number of phenols is 1. The molecule has 0 aliphatic rings. The van der Waals surface area contributed by atoms with Gasteiger partial charge < -0.3 is 14.6 Å².